The van der Waals surface area contributed by atoms with Gasteiger partial charge in [0, 0.05) is 0 Å². The minimum absolute atomic E-state index is 0.290. The molecule has 0 fully saturated rings. The monoisotopic (exact) mass is 314 g/mol. The number of anilines is 1. The second-order valence-electron chi connectivity index (χ2n) is 5.25. The van der Waals surface area contributed by atoms with Crippen molar-refractivity contribution in [2.75, 3.05) is 25.6 Å². The van der Waals surface area contributed by atoms with Crippen molar-refractivity contribution >= 4 is 11.7 Å². The van der Waals surface area contributed by atoms with E-state index in [2.05, 4.69) is 10.6 Å². The number of urea groups is 1. The number of rotatable bonds is 6. The van der Waals surface area contributed by atoms with Gasteiger partial charge in [-0.1, -0.05) is 18.2 Å². The van der Waals surface area contributed by atoms with E-state index in [1.165, 1.54) is 0 Å². The van der Waals surface area contributed by atoms with Crippen LogP contribution >= 0.6 is 0 Å². The number of methoxy groups -OCH3 is 1. The van der Waals surface area contributed by atoms with Crippen LogP contribution in [-0.2, 0) is 0 Å². The van der Waals surface area contributed by atoms with Gasteiger partial charge in [-0.3, -0.25) is 0 Å². The summed E-state index contributed by atoms with van der Waals surface area (Å²) in [6.07, 6.45) is 0. The lowest BCUT2D eigenvalue weighted by atomic mass is 10.2. The molecule has 0 aromatic heterocycles. The first-order chi connectivity index (χ1) is 11.1. The van der Waals surface area contributed by atoms with Crippen molar-refractivity contribution in [3.8, 4) is 11.5 Å². The quantitative estimate of drug-likeness (QED) is 0.802. The Morgan fingerprint density at radius 2 is 1.87 bits per heavy atom. The number of amides is 2. The maximum atomic E-state index is 11.9. The SMILES string of the molecule is COc1ccc(C)cc1NC(=O)NCCOc1cccc(C)c1. The van der Waals surface area contributed by atoms with E-state index >= 15 is 0 Å². The number of benzene rings is 2. The predicted molar refractivity (Wildman–Crippen MR) is 91.4 cm³/mol. The number of ether oxygens (including phenoxy) is 2. The average Bonchev–Trinajstić information content (AvgIpc) is 2.52. The minimum Gasteiger partial charge on any atom is -0.495 e. The fourth-order valence-electron chi connectivity index (χ4n) is 2.12. The molecule has 23 heavy (non-hydrogen) atoms. The third-order valence-corrected chi connectivity index (χ3v) is 3.25. The standard InChI is InChI=1S/C18H22N2O3/c1-13-5-4-6-15(11-13)23-10-9-19-18(21)20-16-12-14(2)7-8-17(16)22-3/h4-8,11-12H,9-10H2,1-3H3,(H2,19,20,21). The van der Waals surface area contributed by atoms with Crippen LogP contribution in [0.15, 0.2) is 42.5 Å². The first-order valence-corrected chi connectivity index (χ1v) is 7.47. The molecule has 5 nitrogen and oxygen atoms in total. The summed E-state index contributed by atoms with van der Waals surface area (Å²) in [6, 6.07) is 13.1. The normalized spacial score (nSPS) is 10.0. The number of carbonyl (C=O) groups excluding carboxylic acids is 1. The lowest BCUT2D eigenvalue weighted by molar-refractivity contribution is 0.247. The summed E-state index contributed by atoms with van der Waals surface area (Å²) in [5, 5.41) is 5.54. The van der Waals surface area contributed by atoms with E-state index in [1.54, 1.807) is 7.11 Å². The van der Waals surface area contributed by atoms with Gasteiger partial charge in [0.1, 0.15) is 18.1 Å². The van der Waals surface area contributed by atoms with Crippen LogP contribution in [0.3, 0.4) is 0 Å². The van der Waals surface area contributed by atoms with Crippen molar-refractivity contribution in [2.45, 2.75) is 13.8 Å². The highest BCUT2D eigenvalue weighted by Crippen LogP contribution is 2.24. The molecule has 2 aromatic carbocycles. The van der Waals surface area contributed by atoms with E-state index in [0.717, 1.165) is 16.9 Å². The number of carbonyl (C=O) groups is 1. The van der Waals surface area contributed by atoms with Gasteiger partial charge in [0.2, 0.25) is 0 Å². The van der Waals surface area contributed by atoms with Crippen LogP contribution in [0.5, 0.6) is 11.5 Å². The van der Waals surface area contributed by atoms with Crippen LogP contribution in [0.2, 0.25) is 0 Å². The van der Waals surface area contributed by atoms with Crippen molar-refractivity contribution < 1.29 is 14.3 Å². The molecular weight excluding hydrogens is 292 g/mol. The zero-order valence-corrected chi connectivity index (χ0v) is 13.7. The lowest BCUT2D eigenvalue weighted by Crippen LogP contribution is -2.32. The Balaban J connectivity index is 1.78. The van der Waals surface area contributed by atoms with E-state index < -0.39 is 0 Å². The van der Waals surface area contributed by atoms with Gasteiger partial charge in [0.05, 0.1) is 19.3 Å². The van der Waals surface area contributed by atoms with Gasteiger partial charge in [-0.05, 0) is 49.2 Å². The largest absolute Gasteiger partial charge is 0.495 e. The van der Waals surface area contributed by atoms with Crippen LogP contribution < -0.4 is 20.1 Å². The molecule has 0 heterocycles. The average molecular weight is 314 g/mol. The summed E-state index contributed by atoms with van der Waals surface area (Å²) in [4.78, 5) is 11.9. The summed E-state index contributed by atoms with van der Waals surface area (Å²) in [5.74, 6) is 1.43. The van der Waals surface area contributed by atoms with Crippen molar-refractivity contribution in [1.29, 1.82) is 0 Å². The Morgan fingerprint density at radius 3 is 2.61 bits per heavy atom. The van der Waals surface area contributed by atoms with E-state index in [1.807, 2.05) is 56.3 Å². The Bertz CT molecular complexity index is 671. The molecule has 0 spiro atoms. The molecule has 2 N–H and O–H groups in total. The van der Waals surface area contributed by atoms with Gasteiger partial charge in [0.25, 0.3) is 0 Å². The number of aryl methyl sites for hydroxylation is 2. The second kappa shape index (κ2) is 8.08. The third-order valence-electron chi connectivity index (χ3n) is 3.25. The van der Waals surface area contributed by atoms with Gasteiger partial charge in [-0.25, -0.2) is 4.79 Å². The van der Waals surface area contributed by atoms with E-state index in [0.29, 0.717) is 24.6 Å². The predicted octanol–water partition coefficient (Wildman–Crippen LogP) is 3.51. The zero-order chi connectivity index (χ0) is 16.7. The molecule has 2 amide bonds. The summed E-state index contributed by atoms with van der Waals surface area (Å²) < 4.78 is 10.8. The molecule has 0 saturated carbocycles. The molecule has 0 unspecified atom stereocenters. The maximum Gasteiger partial charge on any atom is 0.319 e. The molecule has 2 aromatic rings. The summed E-state index contributed by atoms with van der Waals surface area (Å²) in [5.41, 5.74) is 2.83. The topological polar surface area (TPSA) is 59.6 Å². The van der Waals surface area contributed by atoms with Gasteiger partial charge >= 0.3 is 6.03 Å². The molecule has 0 aliphatic rings. The third kappa shape index (κ3) is 5.21. The highest BCUT2D eigenvalue weighted by Gasteiger charge is 2.07. The fraction of sp³-hybridized carbons (Fsp3) is 0.278. The molecule has 122 valence electrons. The molecule has 0 aliphatic carbocycles. The first-order valence-electron chi connectivity index (χ1n) is 7.47. The van der Waals surface area contributed by atoms with Crippen LogP contribution in [0.1, 0.15) is 11.1 Å². The first kappa shape index (κ1) is 16.7. The van der Waals surface area contributed by atoms with E-state index in [4.69, 9.17) is 9.47 Å². The van der Waals surface area contributed by atoms with Gasteiger partial charge in [0.15, 0.2) is 0 Å². The molecule has 0 saturated heterocycles. The summed E-state index contributed by atoms with van der Waals surface area (Å²) in [6.45, 7) is 4.78. The molecule has 0 atom stereocenters. The molecule has 0 bridgehead atoms. The van der Waals surface area contributed by atoms with Crippen molar-refractivity contribution in [1.82, 2.24) is 5.32 Å². The van der Waals surface area contributed by atoms with Gasteiger partial charge in [-0.2, -0.15) is 0 Å². The Morgan fingerprint density at radius 1 is 1.09 bits per heavy atom. The highest BCUT2D eigenvalue weighted by molar-refractivity contribution is 5.91. The summed E-state index contributed by atoms with van der Waals surface area (Å²) in [7, 11) is 1.57. The highest BCUT2D eigenvalue weighted by atomic mass is 16.5. The molecule has 2 rings (SSSR count). The van der Waals surface area contributed by atoms with Crippen molar-refractivity contribution in [2.24, 2.45) is 0 Å². The number of hydrogen-bond acceptors (Lipinski definition) is 3. The molecule has 0 radical (unpaired) electrons. The van der Waals surface area contributed by atoms with Gasteiger partial charge in [-0.15, -0.1) is 0 Å². The lowest BCUT2D eigenvalue weighted by Gasteiger charge is -2.12. The summed E-state index contributed by atoms with van der Waals surface area (Å²) >= 11 is 0. The zero-order valence-electron chi connectivity index (χ0n) is 13.7. The van der Waals surface area contributed by atoms with Crippen LogP contribution in [0, 0.1) is 13.8 Å². The minimum atomic E-state index is -0.290. The molecule has 5 heteroatoms. The maximum absolute atomic E-state index is 11.9. The van der Waals surface area contributed by atoms with Crippen LogP contribution in [0.4, 0.5) is 10.5 Å². The Labute approximate surface area is 136 Å². The Hall–Kier alpha value is -2.69. The number of hydrogen-bond donors (Lipinski definition) is 2. The van der Waals surface area contributed by atoms with E-state index in [9.17, 15) is 4.79 Å². The molecule has 0 aliphatic heterocycles. The van der Waals surface area contributed by atoms with Crippen LogP contribution in [-0.4, -0.2) is 26.3 Å². The molecular formula is C18H22N2O3. The van der Waals surface area contributed by atoms with Crippen molar-refractivity contribution in [3.63, 3.8) is 0 Å². The number of nitrogens with one attached hydrogen (secondary N) is 2. The van der Waals surface area contributed by atoms with Crippen LogP contribution in [0.25, 0.3) is 0 Å². The van der Waals surface area contributed by atoms with Gasteiger partial charge < -0.3 is 20.1 Å². The Kier molecular flexibility index (Phi) is 5.86. The second-order valence-corrected chi connectivity index (χ2v) is 5.25. The smallest absolute Gasteiger partial charge is 0.319 e. The van der Waals surface area contributed by atoms with Crippen molar-refractivity contribution in [3.05, 3.63) is 53.6 Å². The van der Waals surface area contributed by atoms with E-state index in [-0.39, 0.29) is 6.03 Å². The fourth-order valence-corrected chi connectivity index (χ4v) is 2.12.